The molecule has 116 valence electrons. The smallest absolute Gasteiger partial charge is 0.0830 e. The van der Waals surface area contributed by atoms with Crippen molar-refractivity contribution in [2.24, 2.45) is 11.8 Å². The van der Waals surface area contributed by atoms with Crippen molar-refractivity contribution in [1.29, 1.82) is 0 Å². The van der Waals surface area contributed by atoms with Gasteiger partial charge in [0.15, 0.2) is 0 Å². The molecule has 1 saturated heterocycles. The van der Waals surface area contributed by atoms with Gasteiger partial charge < -0.3 is 10.4 Å². The van der Waals surface area contributed by atoms with Gasteiger partial charge in [0.2, 0.25) is 0 Å². The fourth-order valence-corrected chi connectivity index (χ4v) is 5.28. The van der Waals surface area contributed by atoms with Crippen LogP contribution in [-0.2, 0) is 0 Å². The molecule has 3 fully saturated rings. The minimum absolute atomic E-state index is 0.372. The van der Waals surface area contributed by atoms with Gasteiger partial charge in [-0.1, -0.05) is 57.8 Å². The van der Waals surface area contributed by atoms with Crippen LogP contribution < -0.4 is 5.32 Å². The molecular formula is C18H33NO. The topological polar surface area (TPSA) is 32.3 Å². The van der Waals surface area contributed by atoms with Crippen molar-refractivity contribution < 1.29 is 5.11 Å². The molecule has 2 heteroatoms. The fourth-order valence-electron chi connectivity index (χ4n) is 5.28. The normalized spacial score (nSPS) is 41.2. The highest BCUT2D eigenvalue weighted by Crippen LogP contribution is 2.46. The van der Waals surface area contributed by atoms with Crippen LogP contribution in [0.1, 0.15) is 83.5 Å². The molecule has 1 heterocycles. The molecule has 0 aromatic heterocycles. The van der Waals surface area contributed by atoms with E-state index in [2.05, 4.69) is 5.32 Å². The first-order valence-corrected chi connectivity index (χ1v) is 9.26. The molecule has 3 rings (SSSR count). The Hall–Kier alpha value is -0.0800. The maximum Gasteiger partial charge on any atom is 0.0830 e. The zero-order valence-corrected chi connectivity index (χ0v) is 13.1. The van der Waals surface area contributed by atoms with E-state index in [1.54, 1.807) is 0 Å². The van der Waals surface area contributed by atoms with E-state index in [0.717, 1.165) is 18.9 Å². The molecule has 2 saturated carbocycles. The summed E-state index contributed by atoms with van der Waals surface area (Å²) in [4.78, 5) is 0. The molecule has 0 amide bonds. The largest absolute Gasteiger partial charge is 0.388 e. The molecule has 1 aliphatic heterocycles. The molecule has 0 radical (unpaired) electrons. The van der Waals surface area contributed by atoms with Gasteiger partial charge in [-0.25, -0.2) is 0 Å². The molecule has 20 heavy (non-hydrogen) atoms. The molecule has 0 spiro atoms. The monoisotopic (exact) mass is 279 g/mol. The van der Waals surface area contributed by atoms with Crippen LogP contribution in [0, 0.1) is 11.8 Å². The third-order valence-electron chi connectivity index (χ3n) is 6.37. The number of rotatable bonds is 2. The number of aliphatic hydroxyl groups is 1. The predicted octanol–water partition coefficient (Wildman–Crippen LogP) is 4.02. The van der Waals surface area contributed by atoms with Crippen LogP contribution in [-0.4, -0.2) is 23.3 Å². The number of hydrogen-bond acceptors (Lipinski definition) is 2. The summed E-state index contributed by atoms with van der Waals surface area (Å²) in [6, 6.07) is 0.372. The first-order chi connectivity index (χ1) is 9.81. The molecule has 0 aromatic carbocycles. The Balaban J connectivity index is 1.74. The highest BCUT2D eigenvalue weighted by molar-refractivity contribution is 5.02. The molecule has 3 atom stereocenters. The zero-order chi connectivity index (χ0) is 13.8. The molecule has 2 nitrogen and oxygen atoms in total. The summed E-state index contributed by atoms with van der Waals surface area (Å²) in [5.41, 5.74) is -0.398. The lowest BCUT2D eigenvalue weighted by Crippen LogP contribution is -2.58. The van der Waals surface area contributed by atoms with Gasteiger partial charge in [0.05, 0.1) is 5.60 Å². The average molecular weight is 279 g/mol. The van der Waals surface area contributed by atoms with Crippen LogP contribution in [0.2, 0.25) is 0 Å². The summed E-state index contributed by atoms with van der Waals surface area (Å²) in [6.45, 7) is 1.12. The van der Waals surface area contributed by atoms with E-state index >= 15 is 0 Å². The van der Waals surface area contributed by atoms with E-state index < -0.39 is 5.60 Å². The van der Waals surface area contributed by atoms with Gasteiger partial charge in [0, 0.05) is 6.04 Å². The summed E-state index contributed by atoms with van der Waals surface area (Å²) in [5, 5.41) is 15.3. The summed E-state index contributed by atoms with van der Waals surface area (Å²) in [7, 11) is 0. The first kappa shape index (κ1) is 14.8. The van der Waals surface area contributed by atoms with Crippen LogP contribution in [0.25, 0.3) is 0 Å². The molecule has 0 aromatic rings. The Bertz CT molecular complexity index is 292. The lowest BCUT2D eigenvalue weighted by molar-refractivity contribution is -0.103. The number of nitrogens with one attached hydrogen (secondary N) is 1. The van der Waals surface area contributed by atoms with Gasteiger partial charge in [-0.05, 0) is 44.1 Å². The predicted molar refractivity (Wildman–Crippen MR) is 83.7 cm³/mol. The van der Waals surface area contributed by atoms with E-state index in [-0.39, 0.29) is 0 Å². The SMILES string of the molecule is OC1(C2CCCCCN2)CCCCC1C1CCCCC1. The molecule has 3 aliphatic rings. The van der Waals surface area contributed by atoms with Crippen LogP contribution >= 0.6 is 0 Å². The summed E-state index contributed by atoms with van der Waals surface area (Å²) in [6.07, 6.45) is 17.0. The third kappa shape index (κ3) is 3.06. The van der Waals surface area contributed by atoms with E-state index in [4.69, 9.17) is 0 Å². The second-order valence-electron chi connectivity index (χ2n) is 7.60. The van der Waals surface area contributed by atoms with Crippen LogP contribution in [0.3, 0.4) is 0 Å². The summed E-state index contributed by atoms with van der Waals surface area (Å²) >= 11 is 0. The second kappa shape index (κ2) is 6.79. The standard InChI is InChI=1S/C18H33NO/c20-18(17-12-5-2-8-14-19-17)13-7-6-11-16(18)15-9-3-1-4-10-15/h15-17,19-20H,1-14H2. The van der Waals surface area contributed by atoms with Crippen molar-refractivity contribution in [1.82, 2.24) is 5.32 Å². The van der Waals surface area contributed by atoms with Crippen molar-refractivity contribution in [3.8, 4) is 0 Å². The van der Waals surface area contributed by atoms with Crippen molar-refractivity contribution in [3.05, 3.63) is 0 Å². The summed E-state index contributed by atoms with van der Waals surface area (Å²) < 4.78 is 0. The quantitative estimate of drug-likeness (QED) is 0.800. The van der Waals surface area contributed by atoms with E-state index in [0.29, 0.717) is 12.0 Å². The van der Waals surface area contributed by atoms with Crippen LogP contribution in [0.5, 0.6) is 0 Å². The van der Waals surface area contributed by atoms with E-state index in [9.17, 15) is 5.11 Å². The molecule has 0 bridgehead atoms. The minimum Gasteiger partial charge on any atom is -0.388 e. The van der Waals surface area contributed by atoms with Gasteiger partial charge >= 0.3 is 0 Å². The van der Waals surface area contributed by atoms with Crippen molar-refractivity contribution >= 4 is 0 Å². The minimum atomic E-state index is -0.398. The Labute approximate surface area is 124 Å². The Morgan fingerprint density at radius 3 is 2.30 bits per heavy atom. The fraction of sp³-hybridized carbons (Fsp3) is 1.00. The molecular weight excluding hydrogens is 246 g/mol. The van der Waals surface area contributed by atoms with Gasteiger partial charge in [0.25, 0.3) is 0 Å². The van der Waals surface area contributed by atoms with Crippen molar-refractivity contribution in [2.75, 3.05) is 6.54 Å². The average Bonchev–Trinajstić information content (AvgIpc) is 2.78. The lowest BCUT2D eigenvalue weighted by Gasteiger charge is -2.49. The Morgan fingerprint density at radius 2 is 1.45 bits per heavy atom. The lowest BCUT2D eigenvalue weighted by atomic mass is 9.62. The van der Waals surface area contributed by atoms with E-state index in [1.807, 2.05) is 0 Å². The van der Waals surface area contributed by atoms with Gasteiger partial charge in [-0.15, -0.1) is 0 Å². The van der Waals surface area contributed by atoms with Gasteiger partial charge in [0.1, 0.15) is 0 Å². The molecule has 2 aliphatic carbocycles. The molecule has 2 N–H and O–H groups in total. The highest BCUT2D eigenvalue weighted by atomic mass is 16.3. The van der Waals surface area contributed by atoms with Crippen LogP contribution in [0.4, 0.5) is 0 Å². The van der Waals surface area contributed by atoms with Gasteiger partial charge in [-0.3, -0.25) is 0 Å². The first-order valence-electron chi connectivity index (χ1n) is 9.26. The third-order valence-corrected chi connectivity index (χ3v) is 6.37. The van der Waals surface area contributed by atoms with E-state index in [1.165, 1.54) is 77.0 Å². The highest BCUT2D eigenvalue weighted by Gasteiger charge is 2.47. The Morgan fingerprint density at radius 1 is 0.750 bits per heavy atom. The van der Waals surface area contributed by atoms with Crippen molar-refractivity contribution in [2.45, 2.75) is 95.1 Å². The van der Waals surface area contributed by atoms with Crippen LogP contribution in [0.15, 0.2) is 0 Å². The zero-order valence-electron chi connectivity index (χ0n) is 13.1. The van der Waals surface area contributed by atoms with Crippen molar-refractivity contribution in [3.63, 3.8) is 0 Å². The summed E-state index contributed by atoms with van der Waals surface area (Å²) in [5.74, 6) is 1.38. The number of hydrogen-bond donors (Lipinski definition) is 2. The van der Waals surface area contributed by atoms with Gasteiger partial charge in [-0.2, -0.15) is 0 Å². The Kier molecular flexibility index (Phi) is 5.04. The second-order valence-corrected chi connectivity index (χ2v) is 7.60. The molecule has 3 unspecified atom stereocenters. The maximum atomic E-state index is 11.6. The maximum absolute atomic E-state index is 11.6.